The Labute approximate surface area is 123 Å². The minimum Gasteiger partial charge on any atom is -0.312 e. The van der Waals surface area contributed by atoms with Gasteiger partial charge in [-0.25, -0.2) is 0 Å². The fourth-order valence-corrected chi connectivity index (χ4v) is 3.90. The minimum absolute atomic E-state index is 0.655. The zero-order chi connectivity index (χ0) is 13.0. The molecule has 2 rings (SSSR count). The van der Waals surface area contributed by atoms with E-state index in [1.807, 2.05) is 11.3 Å². The van der Waals surface area contributed by atoms with Crippen molar-refractivity contribution >= 4 is 27.3 Å². The number of rotatable bonds is 4. The van der Waals surface area contributed by atoms with Crippen LogP contribution in [-0.2, 0) is 6.42 Å². The highest BCUT2D eigenvalue weighted by atomic mass is 79.9. The number of hydrogen-bond acceptors (Lipinski definition) is 3. The van der Waals surface area contributed by atoms with Crippen molar-refractivity contribution in [1.29, 1.82) is 0 Å². The average molecular weight is 331 g/mol. The van der Waals surface area contributed by atoms with Crippen molar-refractivity contribution in [3.63, 3.8) is 0 Å². The molecule has 2 nitrogen and oxygen atoms in total. The molecule has 18 heavy (non-hydrogen) atoms. The summed E-state index contributed by atoms with van der Waals surface area (Å²) in [5.74, 6) is 0.724. The number of thiophene rings is 1. The molecule has 1 N–H and O–H groups in total. The van der Waals surface area contributed by atoms with Crippen LogP contribution in [0.3, 0.4) is 0 Å². The average Bonchev–Trinajstić information content (AvgIpc) is 2.62. The second-order valence-corrected chi connectivity index (χ2v) is 7.96. The van der Waals surface area contributed by atoms with Gasteiger partial charge in [-0.1, -0.05) is 13.8 Å². The van der Waals surface area contributed by atoms with Crippen LogP contribution < -0.4 is 5.32 Å². The summed E-state index contributed by atoms with van der Waals surface area (Å²) in [7, 11) is 0. The Morgan fingerprint density at radius 2 is 2.33 bits per heavy atom. The molecule has 1 atom stereocenters. The van der Waals surface area contributed by atoms with Gasteiger partial charge in [0.15, 0.2) is 0 Å². The van der Waals surface area contributed by atoms with Gasteiger partial charge in [-0.3, -0.25) is 0 Å². The summed E-state index contributed by atoms with van der Waals surface area (Å²) in [5.41, 5.74) is 0. The number of nitrogens with one attached hydrogen (secondary N) is 1. The minimum atomic E-state index is 0.655. The highest BCUT2D eigenvalue weighted by molar-refractivity contribution is 9.11. The van der Waals surface area contributed by atoms with E-state index < -0.39 is 0 Å². The van der Waals surface area contributed by atoms with Crippen molar-refractivity contribution in [3.8, 4) is 0 Å². The van der Waals surface area contributed by atoms with E-state index in [0.717, 1.165) is 5.92 Å². The Morgan fingerprint density at radius 3 is 3.00 bits per heavy atom. The summed E-state index contributed by atoms with van der Waals surface area (Å²) < 4.78 is 1.25. The molecule has 0 saturated carbocycles. The van der Waals surface area contributed by atoms with Crippen LogP contribution in [-0.4, -0.2) is 37.1 Å². The quantitative estimate of drug-likeness (QED) is 0.910. The molecule has 0 radical (unpaired) electrons. The van der Waals surface area contributed by atoms with Crippen molar-refractivity contribution < 1.29 is 0 Å². The van der Waals surface area contributed by atoms with E-state index in [-0.39, 0.29) is 0 Å². The monoisotopic (exact) mass is 330 g/mol. The fraction of sp³-hybridized carbons (Fsp3) is 0.714. The third-order valence-corrected chi connectivity index (χ3v) is 5.30. The lowest BCUT2D eigenvalue weighted by atomic mass is 10.0. The van der Waals surface area contributed by atoms with Crippen LogP contribution in [0.4, 0.5) is 0 Å². The van der Waals surface area contributed by atoms with Crippen molar-refractivity contribution in [1.82, 2.24) is 10.2 Å². The van der Waals surface area contributed by atoms with E-state index in [1.165, 1.54) is 47.7 Å². The van der Waals surface area contributed by atoms with Crippen LogP contribution in [0.25, 0.3) is 0 Å². The molecule has 4 heteroatoms. The number of nitrogens with zero attached hydrogens (tertiary/aromatic N) is 1. The molecule has 1 aliphatic heterocycles. The maximum atomic E-state index is 3.67. The Bertz CT molecular complexity index is 364. The van der Waals surface area contributed by atoms with Gasteiger partial charge in [0.05, 0.1) is 3.79 Å². The first kappa shape index (κ1) is 14.5. The van der Waals surface area contributed by atoms with Gasteiger partial charge in [0.1, 0.15) is 0 Å². The van der Waals surface area contributed by atoms with Gasteiger partial charge in [-0.15, -0.1) is 11.3 Å². The Kier molecular flexibility index (Phi) is 5.67. The summed E-state index contributed by atoms with van der Waals surface area (Å²) >= 11 is 5.40. The standard InChI is InChI=1S/C14H23BrN2S/c1-11(2)13-10-17(8-3-7-16-13)9-6-12-4-5-14(15)18-12/h4-5,11,13,16H,3,6-10H2,1-2H3. The summed E-state index contributed by atoms with van der Waals surface area (Å²) in [6.07, 6.45) is 2.46. The molecular formula is C14H23BrN2S. The van der Waals surface area contributed by atoms with Crippen LogP contribution in [0.5, 0.6) is 0 Å². The molecule has 0 amide bonds. The summed E-state index contributed by atoms with van der Waals surface area (Å²) in [5, 5.41) is 3.67. The van der Waals surface area contributed by atoms with E-state index in [4.69, 9.17) is 0 Å². The molecule has 1 fully saturated rings. The van der Waals surface area contributed by atoms with E-state index in [1.54, 1.807) is 0 Å². The lowest BCUT2D eigenvalue weighted by Gasteiger charge is -2.26. The van der Waals surface area contributed by atoms with Crippen molar-refractivity contribution in [2.45, 2.75) is 32.7 Å². The van der Waals surface area contributed by atoms with E-state index in [0.29, 0.717) is 6.04 Å². The molecule has 1 saturated heterocycles. The van der Waals surface area contributed by atoms with Gasteiger partial charge in [-0.05, 0) is 59.9 Å². The zero-order valence-electron chi connectivity index (χ0n) is 11.3. The molecule has 102 valence electrons. The maximum absolute atomic E-state index is 3.67. The first-order valence-electron chi connectivity index (χ1n) is 6.85. The Morgan fingerprint density at radius 1 is 1.50 bits per heavy atom. The van der Waals surface area contributed by atoms with Gasteiger partial charge in [0.25, 0.3) is 0 Å². The third-order valence-electron chi connectivity index (χ3n) is 3.62. The summed E-state index contributed by atoms with van der Waals surface area (Å²) in [6.45, 7) is 9.43. The highest BCUT2D eigenvalue weighted by Crippen LogP contribution is 2.22. The van der Waals surface area contributed by atoms with Crippen LogP contribution in [0.2, 0.25) is 0 Å². The molecule has 0 aliphatic carbocycles. The fourth-order valence-electron chi connectivity index (χ4n) is 2.43. The highest BCUT2D eigenvalue weighted by Gasteiger charge is 2.19. The molecule has 2 heterocycles. The first-order valence-corrected chi connectivity index (χ1v) is 8.46. The Balaban J connectivity index is 1.83. The van der Waals surface area contributed by atoms with E-state index in [2.05, 4.69) is 52.1 Å². The first-order chi connectivity index (χ1) is 8.65. The molecule has 0 aromatic carbocycles. The third kappa shape index (κ3) is 4.34. The van der Waals surface area contributed by atoms with E-state index >= 15 is 0 Å². The molecule has 1 aromatic heterocycles. The second-order valence-electron chi connectivity index (χ2n) is 5.41. The lowest BCUT2D eigenvalue weighted by molar-refractivity contribution is 0.249. The van der Waals surface area contributed by atoms with Crippen LogP contribution >= 0.6 is 27.3 Å². The largest absolute Gasteiger partial charge is 0.312 e. The van der Waals surface area contributed by atoms with Crippen LogP contribution in [0.1, 0.15) is 25.1 Å². The molecule has 0 spiro atoms. The molecule has 1 aromatic rings. The van der Waals surface area contributed by atoms with Crippen LogP contribution in [0.15, 0.2) is 15.9 Å². The van der Waals surface area contributed by atoms with Crippen molar-refractivity contribution in [3.05, 3.63) is 20.8 Å². The van der Waals surface area contributed by atoms with Crippen molar-refractivity contribution in [2.75, 3.05) is 26.2 Å². The zero-order valence-corrected chi connectivity index (χ0v) is 13.7. The molecule has 1 aliphatic rings. The second kappa shape index (κ2) is 7.04. The predicted octanol–water partition coefficient (Wildman–Crippen LogP) is 3.37. The molecule has 0 bridgehead atoms. The SMILES string of the molecule is CC(C)C1CN(CCc2ccc(Br)s2)CCCN1. The predicted molar refractivity (Wildman–Crippen MR) is 83.4 cm³/mol. The number of halogens is 1. The van der Waals surface area contributed by atoms with Gasteiger partial charge < -0.3 is 10.2 Å². The van der Waals surface area contributed by atoms with E-state index in [9.17, 15) is 0 Å². The smallest absolute Gasteiger partial charge is 0.0701 e. The lowest BCUT2D eigenvalue weighted by Crippen LogP contribution is -2.41. The van der Waals surface area contributed by atoms with Gasteiger partial charge in [0, 0.05) is 24.0 Å². The normalized spacial score (nSPS) is 22.3. The van der Waals surface area contributed by atoms with Gasteiger partial charge >= 0.3 is 0 Å². The molecular weight excluding hydrogens is 308 g/mol. The Hall–Kier alpha value is 0.1000. The summed E-state index contributed by atoms with van der Waals surface area (Å²) in [4.78, 5) is 4.11. The van der Waals surface area contributed by atoms with Gasteiger partial charge in [0.2, 0.25) is 0 Å². The van der Waals surface area contributed by atoms with Crippen molar-refractivity contribution in [2.24, 2.45) is 5.92 Å². The maximum Gasteiger partial charge on any atom is 0.0701 e. The summed E-state index contributed by atoms with van der Waals surface area (Å²) in [6, 6.07) is 5.05. The molecule has 1 unspecified atom stereocenters. The topological polar surface area (TPSA) is 15.3 Å². The van der Waals surface area contributed by atoms with Crippen LogP contribution in [0, 0.1) is 5.92 Å². The number of hydrogen-bond donors (Lipinski definition) is 1. The van der Waals surface area contributed by atoms with Gasteiger partial charge in [-0.2, -0.15) is 0 Å².